The van der Waals surface area contributed by atoms with Gasteiger partial charge in [0.15, 0.2) is 0 Å². The van der Waals surface area contributed by atoms with Crippen molar-refractivity contribution in [1.82, 2.24) is 19.8 Å². The van der Waals surface area contributed by atoms with Crippen molar-refractivity contribution < 1.29 is 9.59 Å². The van der Waals surface area contributed by atoms with Crippen LogP contribution in [0.25, 0.3) is 0 Å². The maximum absolute atomic E-state index is 12.0. The second-order valence-electron chi connectivity index (χ2n) is 10.2. The van der Waals surface area contributed by atoms with Gasteiger partial charge in [-0.25, -0.2) is 0 Å². The van der Waals surface area contributed by atoms with Gasteiger partial charge in [0.1, 0.15) is 0 Å². The van der Waals surface area contributed by atoms with E-state index in [-0.39, 0.29) is 23.7 Å². The highest BCUT2D eigenvalue weighted by atomic mass is 79.9. The number of fused-ring (bicyclic) bond motifs is 2. The second kappa shape index (κ2) is 13.4. The molecule has 4 heterocycles. The lowest BCUT2D eigenvalue weighted by atomic mass is 9.88. The molecule has 0 fully saturated rings. The van der Waals surface area contributed by atoms with Crippen LogP contribution in [0, 0.1) is 0 Å². The maximum atomic E-state index is 12.0. The molecule has 212 valence electrons. The molecular weight excluding hydrogens is 656 g/mol. The molecule has 4 aromatic rings. The number of hydrogen-bond acceptors (Lipinski definition) is 4. The first kappa shape index (κ1) is 29.6. The minimum Gasteiger partial charge on any atom is -0.334 e. The molecule has 0 radical (unpaired) electrons. The predicted molar refractivity (Wildman–Crippen MR) is 172 cm³/mol. The Bertz CT molecular complexity index is 1490. The number of rotatable bonds is 4. The summed E-state index contributed by atoms with van der Waals surface area (Å²) in [6, 6.07) is 24.5. The van der Waals surface area contributed by atoms with Crippen LogP contribution in [-0.2, 0) is 22.7 Å². The number of amides is 2. The monoisotopic (exact) mass is 684 g/mol. The van der Waals surface area contributed by atoms with E-state index in [0.717, 1.165) is 31.5 Å². The Labute approximate surface area is 263 Å². The zero-order chi connectivity index (χ0) is 29.6. The smallest absolute Gasteiger partial charge is 0.246 e. The van der Waals surface area contributed by atoms with E-state index in [2.05, 4.69) is 79.3 Å². The Kier molecular flexibility index (Phi) is 9.45. The lowest BCUT2D eigenvalue weighted by molar-refractivity contribution is -0.127. The van der Waals surface area contributed by atoms with E-state index >= 15 is 0 Å². The number of nitrogens with zero attached hydrogens (tertiary/aromatic N) is 4. The number of aromatic nitrogens is 2. The molecule has 0 unspecified atom stereocenters. The first-order chi connectivity index (χ1) is 20.4. The van der Waals surface area contributed by atoms with Crippen LogP contribution in [-0.4, -0.2) is 44.7 Å². The van der Waals surface area contributed by atoms with Gasteiger partial charge in [-0.2, -0.15) is 0 Å². The summed E-state index contributed by atoms with van der Waals surface area (Å²) in [6.07, 6.45) is 6.39. The molecule has 0 bridgehead atoms. The molecule has 0 saturated heterocycles. The molecule has 42 heavy (non-hydrogen) atoms. The van der Waals surface area contributed by atoms with Crippen molar-refractivity contribution in [3.8, 4) is 0 Å². The lowest BCUT2D eigenvalue weighted by Gasteiger charge is -2.33. The molecular formula is C34H30Br2N4O2. The third kappa shape index (κ3) is 6.61. The van der Waals surface area contributed by atoms with Crippen molar-refractivity contribution in [2.24, 2.45) is 0 Å². The van der Waals surface area contributed by atoms with Gasteiger partial charge in [0.25, 0.3) is 0 Å². The molecule has 0 N–H and O–H groups in total. The van der Waals surface area contributed by atoms with Gasteiger partial charge in [-0.05, 0) is 78.4 Å². The van der Waals surface area contributed by atoms with E-state index in [1.165, 1.54) is 23.3 Å². The third-order valence-corrected chi connectivity index (χ3v) is 8.37. The van der Waals surface area contributed by atoms with Crippen LogP contribution >= 0.6 is 31.9 Å². The largest absolute Gasteiger partial charge is 0.334 e. The van der Waals surface area contributed by atoms with Gasteiger partial charge in [-0.1, -0.05) is 73.8 Å². The van der Waals surface area contributed by atoms with E-state index in [0.29, 0.717) is 26.2 Å². The van der Waals surface area contributed by atoms with Gasteiger partial charge in [-0.15, -0.1) is 0 Å². The highest BCUT2D eigenvalue weighted by molar-refractivity contribution is 9.10. The summed E-state index contributed by atoms with van der Waals surface area (Å²) >= 11 is 6.91. The fourth-order valence-corrected chi connectivity index (χ4v) is 6.27. The molecule has 2 aromatic heterocycles. The van der Waals surface area contributed by atoms with Gasteiger partial charge in [0.05, 0.1) is 11.4 Å². The van der Waals surface area contributed by atoms with Crippen molar-refractivity contribution >= 4 is 43.7 Å². The Morgan fingerprint density at radius 2 is 1.07 bits per heavy atom. The molecule has 2 aliphatic rings. The number of carbonyl (C=O) groups excluding carboxylic acids is 2. The summed E-state index contributed by atoms with van der Waals surface area (Å²) < 4.78 is 1.86. The highest BCUT2D eigenvalue weighted by Crippen LogP contribution is 2.34. The van der Waals surface area contributed by atoms with Crippen LogP contribution in [0.15, 0.2) is 119 Å². The second-order valence-corrected chi connectivity index (χ2v) is 12.0. The van der Waals surface area contributed by atoms with E-state index in [1.54, 1.807) is 0 Å². The molecule has 6 rings (SSSR count). The van der Waals surface area contributed by atoms with Crippen molar-refractivity contribution in [3.05, 3.63) is 153 Å². The minimum atomic E-state index is -0.0402. The van der Waals surface area contributed by atoms with Crippen molar-refractivity contribution in [2.75, 3.05) is 13.1 Å². The van der Waals surface area contributed by atoms with Gasteiger partial charge >= 0.3 is 0 Å². The van der Waals surface area contributed by atoms with Crippen molar-refractivity contribution in [2.45, 2.75) is 24.9 Å². The summed E-state index contributed by atoms with van der Waals surface area (Å²) in [5.41, 5.74) is 6.62. The first-order valence-corrected chi connectivity index (χ1v) is 15.2. The number of carbonyl (C=O) groups is 2. The van der Waals surface area contributed by atoms with Crippen LogP contribution in [0.5, 0.6) is 0 Å². The molecule has 2 aliphatic heterocycles. The van der Waals surface area contributed by atoms with Crippen LogP contribution in [0.2, 0.25) is 0 Å². The Hall–Kier alpha value is -3.88. The lowest BCUT2D eigenvalue weighted by Crippen LogP contribution is -2.38. The van der Waals surface area contributed by atoms with E-state index in [4.69, 9.17) is 0 Å². The first-order valence-electron chi connectivity index (χ1n) is 13.6. The molecule has 6 nitrogen and oxygen atoms in total. The standard InChI is InChI=1S/2C17H15BrN2O/c2*1-2-16(21)20-10-13-8-14(18)9-19-17(13)15(11-20)12-6-4-3-5-7-12/h2*2-9,15H,1,10-11H2/t2*15-/m10/s1. The average Bonchev–Trinajstić information content (AvgIpc) is 3.03. The zero-order valence-electron chi connectivity index (χ0n) is 23.0. The third-order valence-electron chi connectivity index (χ3n) is 7.50. The van der Waals surface area contributed by atoms with Crippen LogP contribution in [0.4, 0.5) is 0 Å². The van der Waals surface area contributed by atoms with E-state index in [9.17, 15) is 9.59 Å². The summed E-state index contributed by atoms with van der Waals surface area (Å²) in [6.45, 7) is 9.61. The highest BCUT2D eigenvalue weighted by Gasteiger charge is 2.30. The van der Waals surface area contributed by atoms with E-state index in [1.807, 2.05) is 70.7 Å². The summed E-state index contributed by atoms with van der Waals surface area (Å²) in [4.78, 5) is 36.8. The predicted octanol–water partition coefficient (Wildman–Crippen LogP) is 7.01. The maximum Gasteiger partial charge on any atom is 0.246 e. The molecule has 2 atom stereocenters. The molecule has 8 heteroatoms. The fraction of sp³-hybridized carbons (Fsp3) is 0.176. The summed E-state index contributed by atoms with van der Waals surface area (Å²) in [5.74, 6) is 0.127. The summed E-state index contributed by atoms with van der Waals surface area (Å²) in [7, 11) is 0. The van der Waals surface area contributed by atoms with Gasteiger partial charge in [0, 0.05) is 59.4 Å². The SMILES string of the molecule is C=CC(=O)N1Cc2cc(Br)cnc2[C@@H](c2ccccc2)C1.C=CC(=O)N1Cc2cc(Br)cnc2[C@H](c2ccccc2)C1. The topological polar surface area (TPSA) is 66.4 Å². The Balaban J connectivity index is 0.000000168. The zero-order valence-corrected chi connectivity index (χ0v) is 26.2. The van der Waals surface area contributed by atoms with E-state index < -0.39 is 0 Å². The number of pyridine rings is 2. The summed E-state index contributed by atoms with van der Waals surface area (Å²) in [5, 5.41) is 0. The number of benzene rings is 2. The quantitative estimate of drug-likeness (QED) is 0.217. The molecule has 0 aliphatic carbocycles. The Morgan fingerprint density at radius 1 is 0.690 bits per heavy atom. The van der Waals surface area contributed by atoms with Gasteiger partial charge in [-0.3, -0.25) is 19.6 Å². The average molecular weight is 686 g/mol. The minimum absolute atomic E-state index is 0.0402. The van der Waals surface area contributed by atoms with Crippen LogP contribution in [0.3, 0.4) is 0 Å². The molecule has 0 spiro atoms. The molecule has 2 amide bonds. The number of hydrogen-bond donors (Lipinski definition) is 0. The molecule has 0 saturated carbocycles. The molecule has 2 aromatic carbocycles. The van der Waals surface area contributed by atoms with Crippen molar-refractivity contribution in [3.63, 3.8) is 0 Å². The van der Waals surface area contributed by atoms with Gasteiger partial charge in [0.2, 0.25) is 11.8 Å². The van der Waals surface area contributed by atoms with Crippen LogP contribution < -0.4 is 0 Å². The van der Waals surface area contributed by atoms with Crippen molar-refractivity contribution in [1.29, 1.82) is 0 Å². The Morgan fingerprint density at radius 3 is 1.43 bits per heavy atom. The van der Waals surface area contributed by atoms with Gasteiger partial charge < -0.3 is 9.80 Å². The fourth-order valence-electron chi connectivity index (χ4n) is 5.51. The normalized spacial score (nSPS) is 17.2. The number of halogens is 2. The van der Waals surface area contributed by atoms with Crippen LogP contribution in [0.1, 0.15) is 45.5 Å².